The van der Waals surface area contributed by atoms with Gasteiger partial charge in [-0.2, -0.15) is 14.1 Å². The molecule has 1 fully saturated rings. The van der Waals surface area contributed by atoms with E-state index in [9.17, 15) is 13.2 Å². The number of halogens is 1. The Kier molecular flexibility index (Phi) is 5.10. The van der Waals surface area contributed by atoms with E-state index in [1.165, 1.54) is 4.31 Å². The smallest absolute Gasteiger partial charge is 0.278 e. The molecule has 1 aromatic heterocycles. The van der Waals surface area contributed by atoms with E-state index in [1.54, 1.807) is 38.1 Å². The van der Waals surface area contributed by atoms with Crippen molar-refractivity contribution in [3.05, 3.63) is 45.7 Å². The Balaban J connectivity index is 2.01. The van der Waals surface area contributed by atoms with Gasteiger partial charge in [-0.25, -0.2) is 8.42 Å². The van der Waals surface area contributed by atoms with Gasteiger partial charge in [0, 0.05) is 23.1 Å². The Labute approximate surface area is 154 Å². The van der Waals surface area contributed by atoms with Crippen molar-refractivity contribution in [2.75, 3.05) is 26.3 Å². The first-order valence-corrected chi connectivity index (χ1v) is 10.00. The zero-order valence-electron chi connectivity index (χ0n) is 13.9. The van der Waals surface area contributed by atoms with Crippen molar-refractivity contribution in [1.82, 2.24) is 14.1 Å². The normalized spacial score (nSPS) is 16.1. The van der Waals surface area contributed by atoms with Crippen molar-refractivity contribution in [3.8, 4) is 0 Å². The fraction of sp³-hybridized carbons (Fsp3) is 0.375. The van der Waals surface area contributed by atoms with Gasteiger partial charge < -0.3 is 4.74 Å². The van der Waals surface area contributed by atoms with Crippen molar-refractivity contribution < 1.29 is 17.9 Å². The van der Waals surface area contributed by atoms with Gasteiger partial charge in [-0.1, -0.05) is 15.9 Å². The number of morpholine rings is 1. The van der Waals surface area contributed by atoms with E-state index in [4.69, 9.17) is 4.74 Å². The van der Waals surface area contributed by atoms with Crippen LogP contribution in [0.1, 0.15) is 21.7 Å². The fourth-order valence-corrected chi connectivity index (χ4v) is 4.86. The van der Waals surface area contributed by atoms with E-state index in [0.717, 1.165) is 9.15 Å². The van der Waals surface area contributed by atoms with Crippen LogP contribution in [0.2, 0.25) is 0 Å². The van der Waals surface area contributed by atoms with Gasteiger partial charge in [-0.3, -0.25) is 4.79 Å². The standard InChI is InChI=1S/C16H18BrN3O4S/c1-11-15(25(22,23)19-7-9-24-10-8-19)12(2)20(18-11)16(21)13-3-5-14(17)6-4-13/h3-6H,7-10H2,1-2H3. The molecule has 1 saturated heterocycles. The third-order valence-corrected chi connectivity index (χ3v) is 6.76. The van der Waals surface area contributed by atoms with Gasteiger partial charge in [0.1, 0.15) is 4.90 Å². The molecule has 0 bridgehead atoms. The molecule has 2 aromatic rings. The molecule has 0 atom stereocenters. The van der Waals surface area contributed by atoms with Crippen molar-refractivity contribution in [1.29, 1.82) is 0 Å². The number of carbonyl (C=O) groups is 1. The largest absolute Gasteiger partial charge is 0.379 e. The Bertz CT molecular complexity index is 900. The molecule has 0 radical (unpaired) electrons. The summed E-state index contributed by atoms with van der Waals surface area (Å²) in [5, 5.41) is 4.19. The molecule has 0 N–H and O–H groups in total. The minimum atomic E-state index is -3.71. The molecule has 0 amide bonds. The molecule has 0 aliphatic carbocycles. The Morgan fingerprint density at radius 2 is 1.76 bits per heavy atom. The first kappa shape index (κ1) is 18.2. The lowest BCUT2D eigenvalue weighted by Gasteiger charge is -2.26. The lowest BCUT2D eigenvalue weighted by molar-refractivity contribution is 0.0730. The molecule has 1 aliphatic rings. The summed E-state index contributed by atoms with van der Waals surface area (Å²) in [4.78, 5) is 12.8. The maximum atomic E-state index is 12.9. The van der Waals surface area contributed by atoms with Gasteiger partial charge in [-0.05, 0) is 38.1 Å². The van der Waals surface area contributed by atoms with Crippen LogP contribution in [0.25, 0.3) is 0 Å². The van der Waals surface area contributed by atoms with Crippen LogP contribution in [0.3, 0.4) is 0 Å². The van der Waals surface area contributed by atoms with Gasteiger partial charge in [0.25, 0.3) is 5.91 Å². The molecule has 25 heavy (non-hydrogen) atoms. The van der Waals surface area contributed by atoms with Crippen LogP contribution in [-0.2, 0) is 14.8 Å². The quantitative estimate of drug-likeness (QED) is 0.747. The third-order valence-electron chi connectivity index (χ3n) is 4.08. The number of nitrogens with zero attached hydrogens (tertiary/aromatic N) is 3. The molecule has 1 aliphatic heterocycles. The van der Waals surface area contributed by atoms with Gasteiger partial charge in [-0.15, -0.1) is 0 Å². The maximum Gasteiger partial charge on any atom is 0.278 e. The molecule has 7 nitrogen and oxygen atoms in total. The predicted molar refractivity (Wildman–Crippen MR) is 95.1 cm³/mol. The second-order valence-corrected chi connectivity index (χ2v) is 8.53. The van der Waals surface area contributed by atoms with Gasteiger partial charge in [0.2, 0.25) is 10.0 Å². The topological polar surface area (TPSA) is 81.5 Å². The van der Waals surface area contributed by atoms with E-state index in [2.05, 4.69) is 21.0 Å². The second-order valence-electron chi connectivity index (χ2n) is 5.74. The summed E-state index contributed by atoms with van der Waals surface area (Å²) in [6, 6.07) is 6.84. The third kappa shape index (κ3) is 3.41. The highest BCUT2D eigenvalue weighted by molar-refractivity contribution is 9.10. The van der Waals surface area contributed by atoms with Gasteiger partial charge in [0.15, 0.2) is 0 Å². The summed E-state index contributed by atoms with van der Waals surface area (Å²) in [5.74, 6) is -0.364. The van der Waals surface area contributed by atoms with E-state index < -0.39 is 10.0 Å². The summed E-state index contributed by atoms with van der Waals surface area (Å²) < 4.78 is 34.5. The summed E-state index contributed by atoms with van der Waals surface area (Å²) >= 11 is 3.32. The fourth-order valence-electron chi connectivity index (χ4n) is 2.83. The zero-order valence-corrected chi connectivity index (χ0v) is 16.3. The number of aryl methyl sites for hydroxylation is 1. The maximum absolute atomic E-state index is 12.9. The number of benzene rings is 1. The number of ether oxygens (including phenoxy) is 1. The highest BCUT2D eigenvalue weighted by Crippen LogP contribution is 2.25. The van der Waals surface area contributed by atoms with E-state index in [0.29, 0.717) is 43.3 Å². The van der Waals surface area contributed by atoms with Gasteiger partial charge >= 0.3 is 0 Å². The monoisotopic (exact) mass is 427 g/mol. The predicted octanol–water partition coefficient (Wildman–Crippen LogP) is 1.97. The van der Waals surface area contributed by atoms with Crippen LogP contribution >= 0.6 is 15.9 Å². The van der Waals surface area contributed by atoms with Crippen molar-refractivity contribution in [3.63, 3.8) is 0 Å². The average Bonchev–Trinajstić information content (AvgIpc) is 2.90. The number of carbonyl (C=O) groups excluding carboxylic acids is 1. The summed E-state index contributed by atoms with van der Waals surface area (Å²) in [6.07, 6.45) is 0. The molecule has 9 heteroatoms. The van der Waals surface area contributed by atoms with E-state index >= 15 is 0 Å². The molecular formula is C16H18BrN3O4S. The molecule has 0 saturated carbocycles. The molecule has 0 spiro atoms. The van der Waals surface area contributed by atoms with Crippen LogP contribution in [-0.4, -0.2) is 54.7 Å². The number of sulfonamides is 1. The Morgan fingerprint density at radius 3 is 2.36 bits per heavy atom. The molecule has 1 aromatic carbocycles. The minimum absolute atomic E-state index is 0.0971. The number of hydrogen-bond donors (Lipinski definition) is 0. The zero-order chi connectivity index (χ0) is 18.2. The molecular weight excluding hydrogens is 410 g/mol. The first-order chi connectivity index (χ1) is 11.8. The van der Waals surface area contributed by atoms with Crippen LogP contribution in [0.5, 0.6) is 0 Å². The van der Waals surface area contributed by atoms with Crippen LogP contribution < -0.4 is 0 Å². The van der Waals surface area contributed by atoms with Crippen molar-refractivity contribution >= 4 is 31.9 Å². The highest BCUT2D eigenvalue weighted by Gasteiger charge is 2.33. The SMILES string of the molecule is Cc1nn(C(=O)c2ccc(Br)cc2)c(C)c1S(=O)(=O)N1CCOCC1. The van der Waals surface area contributed by atoms with Crippen LogP contribution in [0.4, 0.5) is 0 Å². The van der Waals surface area contributed by atoms with Gasteiger partial charge in [0.05, 0.1) is 24.6 Å². The van der Waals surface area contributed by atoms with Crippen molar-refractivity contribution in [2.45, 2.75) is 18.7 Å². The number of rotatable bonds is 3. The van der Waals surface area contributed by atoms with Crippen LogP contribution in [0.15, 0.2) is 33.6 Å². The van der Waals surface area contributed by atoms with Crippen LogP contribution in [0, 0.1) is 13.8 Å². The highest BCUT2D eigenvalue weighted by atomic mass is 79.9. The molecule has 134 valence electrons. The summed E-state index contributed by atoms with van der Waals surface area (Å²) in [6.45, 7) is 4.53. The Morgan fingerprint density at radius 1 is 1.16 bits per heavy atom. The first-order valence-electron chi connectivity index (χ1n) is 7.77. The summed E-state index contributed by atoms with van der Waals surface area (Å²) in [5.41, 5.74) is 1.07. The summed E-state index contributed by atoms with van der Waals surface area (Å²) in [7, 11) is -3.71. The van der Waals surface area contributed by atoms with E-state index in [-0.39, 0.29) is 10.8 Å². The average molecular weight is 428 g/mol. The Hall–Kier alpha value is -1.55. The minimum Gasteiger partial charge on any atom is -0.379 e. The number of hydrogen-bond acceptors (Lipinski definition) is 5. The lowest BCUT2D eigenvalue weighted by Crippen LogP contribution is -2.41. The van der Waals surface area contributed by atoms with E-state index in [1.807, 2.05) is 0 Å². The van der Waals surface area contributed by atoms with Crippen molar-refractivity contribution in [2.24, 2.45) is 0 Å². The lowest BCUT2D eigenvalue weighted by atomic mass is 10.2. The molecule has 0 unspecified atom stereocenters. The molecule has 2 heterocycles. The second kappa shape index (κ2) is 6.99. The molecule has 3 rings (SSSR count). The number of aromatic nitrogens is 2.